The zero-order valence-electron chi connectivity index (χ0n) is 11.7. The molecule has 0 unspecified atom stereocenters. The molecule has 0 aromatic heterocycles. The Morgan fingerprint density at radius 2 is 2.05 bits per heavy atom. The van der Waals surface area contributed by atoms with Gasteiger partial charge in [-0.05, 0) is 36.8 Å². The Kier molecular flexibility index (Phi) is 5.22. The molecule has 1 amide bonds. The third kappa shape index (κ3) is 3.98. The Morgan fingerprint density at radius 1 is 1.29 bits per heavy atom. The quantitative estimate of drug-likeness (QED) is 0.800. The molecule has 3 N–H and O–H groups in total. The Labute approximate surface area is 132 Å². The molecule has 0 saturated heterocycles. The van der Waals surface area contributed by atoms with Gasteiger partial charge in [-0.3, -0.25) is 4.79 Å². The highest BCUT2D eigenvalue weighted by molar-refractivity contribution is 9.10. The summed E-state index contributed by atoms with van der Waals surface area (Å²) in [5.41, 5.74) is 7.37. The second-order valence-electron chi connectivity index (χ2n) is 4.53. The van der Waals surface area contributed by atoms with E-state index in [2.05, 4.69) is 21.2 Å². The molecule has 2 rings (SSSR count). The minimum atomic E-state index is -0.257. The van der Waals surface area contributed by atoms with Crippen molar-refractivity contribution in [3.05, 3.63) is 52.5 Å². The van der Waals surface area contributed by atoms with Gasteiger partial charge in [-0.15, -0.1) is 0 Å². The van der Waals surface area contributed by atoms with E-state index in [1.54, 1.807) is 24.3 Å². The zero-order valence-corrected chi connectivity index (χ0v) is 13.3. The second kappa shape index (κ2) is 7.13. The van der Waals surface area contributed by atoms with Crippen LogP contribution in [-0.4, -0.2) is 12.5 Å². The molecule has 5 heteroatoms. The highest BCUT2D eigenvalue weighted by atomic mass is 79.9. The summed E-state index contributed by atoms with van der Waals surface area (Å²) in [4.78, 5) is 12.3. The number of amides is 1. The summed E-state index contributed by atoms with van der Waals surface area (Å²) >= 11 is 3.32. The van der Waals surface area contributed by atoms with E-state index in [9.17, 15) is 4.79 Å². The molecule has 110 valence electrons. The molecule has 21 heavy (non-hydrogen) atoms. The first-order valence-corrected chi connectivity index (χ1v) is 7.49. The number of hydrogen-bond donors (Lipinski definition) is 2. The molecule has 0 aliphatic rings. The molecular formula is C16H17BrN2O2. The lowest BCUT2D eigenvalue weighted by atomic mass is 10.1. The van der Waals surface area contributed by atoms with Crippen molar-refractivity contribution in [1.82, 2.24) is 0 Å². The fourth-order valence-electron chi connectivity index (χ4n) is 1.84. The summed E-state index contributed by atoms with van der Waals surface area (Å²) in [5.74, 6) is 0.399. The lowest BCUT2D eigenvalue weighted by molar-refractivity contribution is 0.102. The van der Waals surface area contributed by atoms with Crippen LogP contribution in [0.25, 0.3) is 0 Å². The third-order valence-electron chi connectivity index (χ3n) is 2.86. The highest BCUT2D eigenvalue weighted by Crippen LogP contribution is 2.26. The van der Waals surface area contributed by atoms with Gasteiger partial charge in [-0.2, -0.15) is 0 Å². The number of ether oxygens (including phenoxy) is 1. The van der Waals surface area contributed by atoms with Crippen LogP contribution in [0.3, 0.4) is 0 Å². The normalized spacial score (nSPS) is 10.2. The van der Waals surface area contributed by atoms with Gasteiger partial charge in [0.1, 0.15) is 5.75 Å². The molecule has 4 nitrogen and oxygen atoms in total. The number of nitrogens with two attached hydrogens (primary N) is 1. The first-order chi connectivity index (χ1) is 10.1. The van der Waals surface area contributed by atoms with E-state index < -0.39 is 0 Å². The van der Waals surface area contributed by atoms with Gasteiger partial charge in [0.25, 0.3) is 5.91 Å². The number of halogens is 1. The van der Waals surface area contributed by atoms with Crippen molar-refractivity contribution in [2.75, 3.05) is 17.7 Å². The van der Waals surface area contributed by atoms with Crippen molar-refractivity contribution in [1.29, 1.82) is 0 Å². The fourth-order valence-corrected chi connectivity index (χ4v) is 2.22. The molecular weight excluding hydrogens is 332 g/mol. The maximum Gasteiger partial charge on any atom is 0.257 e. The largest absolute Gasteiger partial charge is 0.491 e. The zero-order chi connectivity index (χ0) is 15.2. The number of carbonyl (C=O) groups excluding carboxylic acids is 1. The molecule has 0 bridgehead atoms. The lowest BCUT2D eigenvalue weighted by Crippen LogP contribution is -2.15. The average Bonchev–Trinajstić information content (AvgIpc) is 2.46. The number of anilines is 2. The summed E-state index contributed by atoms with van der Waals surface area (Å²) < 4.78 is 6.46. The number of hydrogen-bond acceptors (Lipinski definition) is 3. The van der Waals surface area contributed by atoms with Crippen molar-refractivity contribution in [3.63, 3.8) is 0 Å². The molecule has 2 aromatic rings. The molecule has 0 atom stereocenters. The van der Waals surface area contributed by atoms with Gasteiger partial charge in [0.15, 0.2) is 0 Å². The van der Waals surface area contributed by atoms with E-state index >= 15 is 0 Å². The Balaban J connectivity index is 2.19. The van der Waals surface area contributed by atoms with E-state index in [-0.39, 0.29) is 5.91 Å². The Bertz CT molecular complexity index is 644. The van der Waals surface area contributed by atoms with Crippen LogP contribution in [0.2, 0.25) is 0 Å². The number of nitrogens with one attached hydrogen (secondary N) is 1. The number of nitrogen functional groups attached to an aromatic ring is 1. The summed E-state index contributed by atoms with van der Waals surface area (Å²) in [5, 5.41) is 2.84. The number of benzene rings is 2. The van der Waals surface area contributed by atoms with Crippen molar-refractivity contribution in [2.45, 2.75) is 13.3 Å². The van der Waals surface area contributed by atoms with Gasteiger partial charge in [0.05, 0.1) is 17.9 Å². The molecule has 0 saturated carbocycles. The summed E-state index contributed by atoms with van der Waals surface area (Å²) in [7, 11) is 0. The summed E-state index contributed by atoms with van der Waals surface area (Å²) in [6.45, 7) is 2.64. The second-order valence-corrected chi connectivity index (χ2v) is 5.45. The van der Waals surface area contributed by atoms with Gasteiger partial charge >= 0.3 is 0 Å². The van der Waals surface area contributed by atoms with Crippen LogP contribution in [0.1, 0.15) is 23.7 Å². The van der Waals surface area contributed by atoms with Crippen LogP contribution in [0.5, 0.6) is 5.75 Å². The van der Waals surface area contributed by atoms with E-state index in [1.165, 1.54) is 0 Å². The van der Waals surface area contributed by atoms with Crippen LogP contribution in [0.15, 0.2) is 46.9 Å². The average molecular weight is 349 g/mol. The molecule has 2 aromatic carbocycles. The van der Waals surface area contributed by atoms with Gasteiger partial charge in [0, 0.05) is 10.2 Å². The smallest absolute Gasteiger partial charge is 0.257 e. The topological polar surface area (TPSA) is 64.3 Å². The van der Waals surface area contributed by atoms with Crippen LogP contribution in [-0.2, 0) is 0 Å². The number of carbonyl (C=O) groups is 1. The lowest BCUT2D eigenvalue weighted by Gasteiger charge is -2.12. The van der Waals surface area contributed by atoms with Gasteiger partial charge in [-0.25, -0.2) is 0 Å². The molecule has 0 aliphatic heterocycles. The van der Waals surface area contributed by atoms with Crippen LogP contribution in [0, 0.1) is 0 Å². The maximum absolute atomic E-state index is 12.3. The van der Waals surface area contributed by atoms with Gasteiger partial charge in [0.2, 0.25) is 0 Å². The van der Waals surface area contributed by atoms with Crippen LogP contribution >= 0.6 is 15.9 Å². The molecule has 0 fully saturated rings. The Hall–Kier alpha value is -2.01. The molecule has 0 aliphatic carbocycles. The fraction of sp³-hybridized carbons (Fsp3) is 0.188. The summed E-state index contributed by atoms with van der Waals surface area (Å²) in [6.07, 6.45) is 0.905. The highest BCUT2D eigenvalue weighted by Gasteiger charge is 2.12. The van der Waals surface area contributed by atoms with Crippen molar-refractivity contribution in [2.24, 2.45) is 0 Å². The monoisotopic (exact) mass is 348 g/mol. The predicted molar refractivity (Wildman–Crippen MR) is 88.7 cm³/mol. The predicted octanol–water partition coefficient (Wildman–Crippen LogP) is 4.07. The number of para-hydroxylation sites is 2. The SMILES string of the molecule is CCCOc1ccccc1NC(=O)c1ccc(Br)cc1N. The van der Waals surface area contributed by atoms with E-state index in [0.717, 1.165) is 10.9 Å². The molecule has 0 heterocycles. The third-order valence-corrected chi connectivity index (χ3v) is 3.35. The standard InChI is InChI=1S/C16H17BrN2O2/c1-2-9-21-15-6-4-3-5-14(15)19-16(20)12-8-7-11(17)10-13(12)18/h3-8,10H,2,9,18H2,1H3,(H,19,20). The number of rotatable bonds is 5. The molecule has 0 spiro atoms. The van der Waals surface area contributed by atoms with E-state index in [4.69, 9.17) is 10.5 Å². The van der Waals surface area contributed by atoms with Crippen LogP contribution in [0.4, 0.5) is 11.4 Å². The summed E-state index contributed by atoms with van der Waals surface area (Å²) in [6, 6.07) is 12.5. The minimum Gasteiger partial charge on any atom is -0.491 e. The van der Waals surface area contributed by atoms with Gasteiger partial charge < -0.3 is 15.8 Å². The van der Waals surface area contributed by atoms with E-state index in [1.807, 2.05) is 25.1 Å². The van der Waals surface area contributed by atoms with Crippen molar-refractivity contribution in [3.8, 4) is 5.75 Å². The van der Waals surface area contributed by atoms with Gasteiger partial charge in [-0.1, -0.05) is 35.0 Å². The van der Waals surface area contributed by atoms with Crippen LogP contribution < -0.4 is 15.8 Å². The first-order valence-electron chi connectivity index (χ1n) is 6.70. The maximum atomic E-state index is 12.3. The van der Waals surface area contributed by atoms with Crippen molar-refractivity contribution < 1.29 is 9.53 Å². The molecule has 0 radical (unpaired) electrons. The van der Waals surface area contributed by atoms with E-state index in [0.29, 0.717) is 29.3 Å². The van der Waals surface area contributed by atoms with Crippen molar-refractivity contribution >= 4 is 33.2 Å². The Morgan fingerprint density at radius 3 is 2.76 bits per heavy atom. The minimum absolute atomic E-state index is 0.257. The first kappa shape index (κ1) is 15.4.